The number of nitrogens with zero attached hydrogens (tertiary/aromatic N) is 1. The summed E-state index contributed by atoms with van der Waals surface area (Å²) in [5.41, 5.74) is 2.23. The molecule has 1 aliphatic rings. The lowest BCUT2D eigenvalue weighted by atomic mass is 10.1. The van der Waals surface area contributed by atoms with Crippen molar-refractivity contribution in [3.63, 3.8) is 0 Å². The molecule has 0 radical (unpaired) electrons. The van der Waals surface area contributed by atoms with E-state index in [4.69, 9.17) is 0 Å². The van der Waals surface area contributed by atoms with Crippen LogP contribution in [-0.2, 0) is 22.7 Å². The van der Waals surface area contributed by atoms with Gasteiger partial charge in [-0.05, 0) is 24.0 Å². The van der Waals surface area contributed by atoms with Gasteiger partial charge in [-0.2, -0.15) is 0 Å². The molecule has 24 heavy (non-hydrogen) atoms. The second-order valence-electron chi connectivity index (χ2n) is 7.93. The van der Waals surface area contributed by atoms with Crippen molar-refractivity contribution in [2.24, 2.45) is 0 Å². The molecule has 1 aromatic carbocycles. The fraction of sp³-hybridized carbons (Fsp3) is 0.579. The van der Waals surface area contributed by atoms with Gasteiger partial charge in [0.15, 0.2) is 0 Å². The van der Waals surface area contributed by atoms with Crippen molar-refractivity contribution >= 4 is 19.9 Å². The second kappa shape index (κ2) is 8.47. The minimum Gasteiger partial charge on any atom is -0.352 e. The van der Waals surface area contributed by atoms with Gasteiger partial charge in [-0.15, -0.1) is 0 Å². The molecule has 2 amide bonds. The van der Waals surface area contributed by atoms with Crippen molar-refractivity contribution < 1.29 is 9.59 Å². The third-order valence-corrected chi connectivity index (χ3v) is 6.21. The second-order valence-corrected chi connectivity index (χ2v) is 13.6. The molecular weight excluding hydrogens is 316 g/mol. The lowest BCUT2D eigenvalue weighted by Crippen LogP contribution is -2.25. The minimum atomic E-state index is -1.05. The number of nitrogens with one attached hydrogen (secondary N) is 1. The predicted molar refractivity (Wildman–Crippen MR) is 100 cm³/mol. The average Bonchev–Trinajstić information content (AvgIpc) is 2.89. The maximum absolute atomic E-state index is 12.0. The first-order valence-corrected chi connectivity index (χ1v) is 12.7. The van der Waals surface area contributed by atoms with Crippen molar-refractivity contribution in [2.45, 2.75) is 64.5 Å². The molecule has 0 aliphatic carbocycles. The Bertz CT molecular complexity index is 581. The van der Waals surface area contributed by atoms with Gasteiger partial charge in [-0.1, -0.05) is 50.0 Å². The molecule has 1 aromatic rings. The first-order valence-electron chi connectivity index (χ1n) is 8.96. The zero-order valence-electron chi connectivity index (χ0n) is 15.2. The summed E-state index contributed by atoms with van der Waals surface area (Å²) >= 11 is 0. The summed E-state index contributed by atoms with van der Waals surface area (Å²) < 4.78 is 0. The van der Waals surface area contributed by atoms with Gasteiger partial charge in [0.25, 0.3) is 0 Å². The number of carbonyl (C=O) groups excluding carboxylic acids is 2. The fourth-order valence-corrected chi connectivity index (χ4v) is 4.24. The number of likely N-dealkylation sites (tertiary alicyclic amines) is 1. The standard InChI is InChI=1S/C19H30N2O2Si/c1-24(2,3)12-6-9-18(22)20-14-16-7-4-8-17(13-16)15-21-11-5-10-19(21)23/h4,7-8,13H,5-6,9-12,14-15H2,1-3H3,(H,20,22). The molecule has 1 fully saturated rings. The van der Waals surface area contributed by atoms with E-state index in [0.29, 0.717) is 25.9 Å². The van der Waals surface area contributed by atoms with Crippen LogP contribution in [0.3, 0.4) is 0 Å². The molecule has 0 aromatic heterocycles. The van der Waals surface area contributed by atoms with Gasteiger partial charge < -0.3 is 10.2 Å². The predicted octanol–water partition coefficient (Wildman–Crippen LogP) is 3.54. The van der Waals surface area contributed by atoms with Gasteiger partial charge in [0.05, 0.1) is 0 Å². The third-order valence-electron chi connectivity index (χ3n) is 4.36. The van der Waals surface area contributed by atoms with Crippen molar-refractivity contribution in [1.29, 1.82) is 0 Å². The Morgan fingerprint density at radius 3 is 2.67 bits per heavy atom. The van der Waals surface area contributed by atoms with Crippen molar-refractivity contribution in [3.8, 4) is 0 Å². The Morgan fingerprint density at radius 1 is 1.25 bits per heavy atom. The number of amides is 2. The molecule has 2 rings (SSSR count). The Labute approximate surface area is 146 Å². The largest absolute Gasteiger partial charge is 0.352 e. The van der Waals surface area contributed by atoms with Crippen LogP contribution in [0.1, 0.15) is 36.8 Å². The van der Waals surface area contributed by atoms with Crippen LogP contribution in [0, 0.1) is 0 Å². The van der Waals surface area contributed by atoms with E-state index in [-0.39, 0.29) is 11.8 Å². The van der Waals surface area contributed by atoms with E-state index in [0.717, 1.165) is 30.5 Å². The van der Waals surface area contributed by atoms with Crippen molar-refractivity contribution in [1.82, 2.24) is 10.2 Å². The van der Waals surface area contributed by atoms with Crippen LogP contribution in [0.15, 0.2) is 24.3 Å². The van der Waals surface area contributed by atoms with Crippen molar-refractivity contribution in [3.05, 3.63) is 35.4 Å². The first-order chi connectivity index (χ1) is 11.3. The van der Waals surface area contributed by atoms with E-state index in [1.54, 1.807) is 0 Å². The van der Waals surface area contributed by atoms with Crippen LogP contribution >= 0.6 is 0 Å². The quantitative estimate of drug-likeness (QED) is 0.732. The maximum atomic E-state index is 12.0. The molecule has 4 nitrogen and oxygen atoms in total. The Hall–Kier alpha value is -1.62. The van der Waals surface area contributed by atoms with Crippen LogP contribution in [0.2, 0.25) is 25.7 Å². The molecule has 1 saturated heterocycles. The molecule has 0 bridgehead atoms. The van der Waals surface area contributed by atoms with E-state index in [2.05, 4.69) is 31.0 Å². The molecule has 5 heteroatoms. The monoisotopic (exact) mass is 346 g/mol. The van der Waals surface area contributed by atoms with Gasteiger partial charge in [0.1, 0.15) is 0 Å². The van der Waals surface area contributed by atoms with Crippen molar-refractivity contribution in [2.75, 3.05) is 6.54 Å². The number of carbonyl (C=O) groups is 2. The Morgan fingerprint density at radius 2 is 2.00 bits per heavy atom. The molecule has 1 aliphatic heterocycles. The third kappa shape index (κ3) is 6.47. The van der Waals surface area contributed by atoms with E-state index in [9.17, 15) is 9.59 Å². The Kier molecular flexibility index (Phi) is 6.60. The minimum absolute atomic E-state index is 0.133. The van der Waals surface area contributed by atoms with Crippen LogP contribution in [0.4, 0.5) is 0 Å². The summed E-state index contributed by atoms with van der Waals surface area (Å²) in [4.78, 5) is 25.6. The zero-order chi connectivity index (χ0) is 17.6. The smallest absolute Gasteiger partial charge is 0.222 e. The molecule has 132 valence electrons. The molecule has 0 saturated carbocycles. The van der Waals surface area contributed by atoms with Crippen LogP contribution < -0.4 is 5.32 Å². The summed E-state index contributed by atoms with van der Waals surface area (Å²) in [6.45, 7) is 9.10. The van der Waals surface area contributed by atoms with Gasteiger partial charge >= 0.3 is 0 Å². The fourth-order valence-electron chi connectivity index (χ4n) is 3.00. The van der Waals surface area contributed by atoms with Gasteiger partial charge in [-0.25, -0.2) is 0 Å². The highest BCUT2D eigenvalue weighted by Gasteiger charge is 2.20. The molecule has 0 spiro atoms. The highest BCUT2D eigenvalue weighted by molar-refractivity contribution is 6.76. The van der Waals surface area contributed by atoms with Crippen LogP contribution in [0.25, 0.3) is 0 Å². The molecule has 0 unspecified atom stereocenters. The van der Waals surface area contributed by atoms with Gasteiger partial charge in [0.2, 0.25) is 11.8 Å². The maximum Gasteiger partial charge on any atom is 0.222 e. The summed E-state index contributed by atoms with van der Waals surface area (Å²) in [6, 6.07) is 9.36. The normalized spacial score (nSPS) is 15.0. The Balaban J connectivity index is 1.77. The highest BCUT2D eigenvalue weighted by Crippen LogP contribution is 2.15. The topological polar surface area (TPSA) is 49.4 Å². The van der Waals surface area contributed by atoms with E-state index < -0.39 is 8.07 Å². The zero-order valence-corrected chi connectivity index (χ0v) is 16.2. The van der Waals surface area contributed by atoms with Crippen LogP contribution in [0.5, 0.6) is 0 Å². The van der Waals surface area contributed by atoms with Crippen LogP contribution in [-0.4, -0.2) is 31.3 Å². The van der Waals surface area contributed by atoms with E-state index >= 15 is 0 Å². The lowest BCUT2D eigenvalue weighted by molar-refractivity contribution is -0.128. The van der Waals surface area contributed by atoms with Gasteiger partial charge in [0, 0.05) is 40.5 Å². The molecule has 1 N–H and O–H groups in total. The number of benzene rings is 1. The number of rotatable bonds is 8. The molecule has 0 atom stereocenters. The van der Waals surface area contributed by atoms with Gasteiger partial charge in [-0.3, -0.25) is 9.59 Å². The van der Waals surface area contributed by atoms with E-state index in [1.807, 2.05) is 23.1 Å². The number of hydrogen-bond donors (Lipinski definition) is 1. The van der Waals surface area contributed by atoms with E-state index in [1.165, 1.54) is 6.04 Å². The first kappa shape index (κ1) is 18.7. The summed E-state index contributed by atoms with van der Waals surface area (Å²) in [5.74, 6) is 0.379. The summed E-state index contributed by atoms with van der Waals surface area (Å²) in [7, 11) is -1.05. The highest BCUT2D eigenvalue weighted by atomic mass is 28.3. The summed E-state index contributed by atoms with van der Waals surface area (Å²) in [5, 5.41) is 3.01. The molecule has 1 heterocycles. The lowest BCUT2D eigenvalue weighted by Gasteiger charge is -2.16. The SMILES string of the molecule is C[Si](C)(C)CCCC(=O)NCc1cccc(CN2CCCC2=O)c1. The summed E-state index contributed by atoms with van der Waals surface area (Å²) in [6.07, 6.45) is 3.24. The average molecular weight is 347 g/mol. The molecular formula is C19H30N2O2Si. The number of hydrogen-bond acceptors (Lipinski definition) is 2.